The van der Waals surface area contributed by atoms with E-state index < -0.39 is 0 Å². The van der Waals surface area contributed by atoms with Crippen LogP contribution < -0.4 is 0 Å². The zero-order valence-electron chi connectivity index (χ0n) is 9.33. The van der Waals surface area contributed by atoms with E-state index in [0.717, 1.165) is 11.8 Å². The second-order valence-electron chi connectivity index (χ2n) is 4.76. The first kappa shape index (κ1) is 10.6. The molecule has 2 heteroatoms. The summed E-state index contributed by atoms with van der Waals surface area (Å²) in [5, 5.41) is 2.25. The molecule has 0 spiro atoms. The predicted octanol–water partition coefficient (Wildman–Crippen LogP) is 4.40. The van der Waals surface area contributed by atoms with Gasteiger partial charge in [0.15, 0.2) is 0 Å². The number of thiophene rings is 1. The van der Waals surface area contributed by atoms with Gasteiger partial charge in [-0.25, -0.2) is 0 Å². The van der Waals surface area contributed by atoms with Crippen LogP contribution in [0, 0.1) is 11.8 Å². The van der Waals surface area contributed by atoms with Crippen molar-refractivity contribution in [2.75, 3.05) is 5.75 Å². The van der Waals surface area contributed by atoms with Gasteiger partial charge in [-0.2, -0.15) is 0 Å². The molecule has 78 valence electrons. The Hall–Kier alpha value is 0.0500. The van der Waals surface area contributed by atoms with E-state index in [1.54, 1.807) is 9.77 Å². The Bertz CT molecular complexity index is 315. The molecule has 2 heterocycles. The van der Waals surface area contributed by atoms with E-state index in [1.165, 1.54) is 5.75 Å². The lowest BCUT2D eigenvalue weighted by Gasteiger charge is -2.37. The molecule has 1 aromatic rings. The maximum atomic E-state index is 2.37. The fourth-order valence-corrected chi connectivity index (χ4v) is 5.57. The van der Waals surface area contributed by atoms with Crippen molar-refractivity contribution in [1.29, 1.82) is 0 Å². The van der Waals surface area contributed by atoms with Crippen LogP contribution in [0.5, 0.6) is 0 Å². The fraction of sp³-hybridized carbons (Fsp3) is 0.667. The lowest BCUT2D eigenvalue weighted by atomic mass is 9.67. The highest BCUT2D eigenvalue weighted by Gasteiger charge is 2.44. The number of hydrogen-bond donors (Lipinski definition) is 0. The van der Waals surface area contributed by atoms with Gasteiger partial charge in [0, 0.05) is 11.2 Å². The van der Waals surface area contributed by atoms with E-state index in [2.05, 4.69) is 50.9 Å². The average Bonchev–Trinajstić information content (AvgIpc) is 2.60. The summed E-state index contributed by atoms with van der Waals surface area (Å²) in [5.41, 5.74) is 2.05. The van der Waals surface area contributed by atoms with Crippen LogP contribution >= 0.6 is 23.1 Å². The molecule has 0 atom stereocenters. The fourth-order valence-electron chi connectivity index (χ4n) is 2.64. The monoisotopic (exact) mass is 226 g/mol. The lowest BCUT2D eigenvalue weighted by Crippen LogP contribution is -2.37. The molecule has 0 radical (unpaired) electrons. The normalized spacial score (nSPS) is 19.3. The van der Waals surface area contributed by atoms with Crippen molar-refractivity contribution in [2.45, 2.75) is 37.3 Å². The number of thioether (sulfide) groups is 1. The molecule has 14 heavy (non-hydrogen) atoms. The van der Waals surface area contributed by atoms with Gasteiger partial charge in [0.05, 0.1) is 4.21 Å². The highest BCUT2D eigenvalue weighted by Crippen LogP contribution is 2.53. The maximum absolute atomic E-state index is 2.37. The first-order valence-electron chi connectivity index (χ1n) is 5.29. The Labute approximate surface area is 95.1 Å². The summed E-state index contributed by atoms with van der Waals surface area (Å²) >= 11 is 3.97. The summed E-state index contributed by atoms with van der Waals surface area (Å²) in [5.74, 6) is 2.77. The molecule has 0 fully saturated rings. The first-order chi connectivity index (χ1) is 6.59. The van der Waals surface area contributed by atoms with Crippen LogP contribution in [-0.4, -0.2) is 5.75 Å². The Morgan fingerprint density at radius 2 is 1.86 bits per heavy atom. The van der Waals surface area contributed by atoms with Crippen molar-refractivity contribution in [1.82, 2.24) is 0 Å². The van der Waals surface area contributed by atoms with E-state index in [4.69, 9.17) is 0 Å². The zero-order chi connectivity index (χ0) is 10.3. The maximum Gasteiger partial charge on any atom is 0.0637 e. The highest BCUT2D eigenvalue weighted by atomic mass is 32.2. The second-order valence-corrected chi connectivity index (χ2v) is 6.92. The van der Waals surface area contributed by atoms with E-state index in [0.29, 0.717) is 5.41 Å². The van der Waals surface area contributed by atoms with Gasteiger partial charge >= 0.3 is 0 Å². The van der Waals surface area contributed by atoms with Crippen molar-refractivity contribution < 1.29 is 0 Å². The molecule has 0 saturated heterocycles. The van der Waals surface area contributed by atoms with Gasteiger partial charge in [0.25, 0.3) is 0 Å². The third-order valence-electron chi connectivity index (χ3n) is 3.63. The standard InChI is InChI=1S/C12H18S2/c1-8(2)12(9(3)4)7-14-11-10(12)5-6-13-11/h5-6,8-9H,7H2,1-4H3. The van der Waals surface area contributed by atoms with Gasteiger partial charge in [-0.15, -0.1) is 23.1 Å². The molecule has 0 N–H and O–H groups in total. The third kappa shape index (κ3) is 1.27. The Kier molecular flexibility index (Phi) is 2.69. The highest BCUT2D eigenvalue weighted by molar-refractivity contribution is 8.01. The molecule has 1 aromatic heterocycles. The molecule has 0 nitrogen and oxygen atoms in total. The molecule has 0 unspecified atom stereocenters. The molecule has 1 aliphatic rings. The third-order valence-corrected chi connectivity index (χ3v) is 6.09. The Morgan fingerprint density at radius 1 is 1.21 bits per heavy atom. The summed E-state index contributed by atoms with van der Waals surface area (Å²) in [4.78, 5) is 0. The van der Waals surface area contributed by atoms with Crippen molar-refractivity contribution in [3.8, 4) is 0 Å². The molecule has 0 amide bonds. The largest absolute Gasteiger partial charge is 0.137 e. The number of rotatable bonds is 2. The Balaban J connectivity index is 2.50. The molecular formula is C12H18S2. The van der Waals surface area contributed by atoms with Crippen molar-refractivity contribution in [3.05, 3.63) is 17.0 Å². The van der Waals surface area contributed by atoms with E-state index in [1.807, 2.05) is 11.3 Å². The molecule has 0 bridgehead atoms. The van der Waals surface area contributed by atoms with Crippen molar-refractivity contribution in [2.24, 2.45) is 11.8 Å². The van der Waals surface area contributed by atoms with Crippen LogP contribution in [0.15, 0.2) is 15.7 Å². The second kappa shape index (κ2) is 3.57. The van der Waals surface area contributed by atoms with Crippen LogP contribution in [-0.2, 0) is 5.41 Å². The first-order valence-corrected chi connectivity index (χ1v) is 7.16. The van der Waals surface area contributed by atoms with Gasteiger partial charge in [0.1, 0.15) is 0 Å². The van der Waals surface area contributed by atoms with Crippen LogP contribution in [0.4, 0.5) is 0 Å². The Morgan fingerprint density at radius 3 is 2.43 bits per heavy atom. The molecule has 0 aromatic carbocycles. The number of hydrogen-bond acceptors (Lipinski definition) is 2. The van der Waals surface area contributed by atoms with Crippen molar-refractivity contribution >= 4 is 23.1 Å². The quantitative estimate of drug-likeness (QED) is 0.720. The van der Waals surface area contributed by atoms with Crippen molar-refractivity contribution in [3.63, 3.8) is 0 Å². The smallest absolute Gasteiger partial charge is 0.0637 e. The number of fused-ring (bicyclic) bond motifs is 1. The summed E-state index contributed by atoms with van der Waals surface area (Å²) in [6, 6.07) is 2.35. The molecular weight excluding hydrogens is 208 g/mol. The summed E-state index contributed by atoms with van der Waals surface area (Å²) < 4.78 is 1.56. The summed E-state index contributed by atoms with van der Waals surface area (Å²) in [6.45, 7) is 9.47. The minimum atomic E-state index is 0.431. The van der Waals surface area contributed by atoms with Gasteiger partial charge in [-0.3, -0.25) is 0 Å². The van der Waals surface area contributed by atoms with Gasteiger partial charge < -0.3 is 0 Å². The van der Waals surface area contributed by atoms with Crippen LogP contribution in [0.3, 0.4) is 0 Å². The molecule has 2 rings (SSSR count). The van der Waals surface area contributed by atoms with Gasteiger partial charge in [0.2, 0.25) is 0 Å². The summed E-state index contributed by atoms with van der Waals surface area (Å²) in [6.07, 6.45) is 0. The topological polar surface area (TPSA) is 0 Å². The minimum Gasteiger partial charge on any atom is -0.137 e. The van der Waals surface area contributed by atoms with E-state index in [-0.39, 0.29) is 0 Å². The SMILES string of the molecule is CC(C)C1(C(C)C)CSc2sccc21. The van der Waals surface area contributed by atoms with E-state index >= 15 is 0 Å². The minimum absolute atomic E-state index is 0.431. The van der Waals surface area contributed by atoms with Gasteiger partial charge in [-0.05, 0) is 28.8 Å². The average molecular weight is 226 g/mol. The van der Waals surface area contributed by atoms with Crippen LogP contribution in [0.25, 0.3) is 0 Å². The summed E-state index contributed by atoms with van der Waals surface area (Å²) in [7, 11) is 0. The van der Waals surface area contributed by atoms with Crippen LogP contribution in [0.1, 0.15) is 33.3 Å². The molecule has 0 saturated carbocycles. The van der Waals surface area contributed by atoms with Crippen LogP contribution in [0.2, 0.25) is 0 Å². The zero-order valence-corrected chi connectivity index (χ0v) is 11.0. The molecule has 0 aliphatic carbocycles. The molecule has 1 aliphatic heterocycles. The lowest BCUT2D eigenvalue weighted by molar-refractivity contribution is 0.254. The predicted molar refractivity (Wildman–Crippen MR) is 66.4 cm³/mol. The van der Waals surface area contributed by atoms with Gasteiger partial charge in [-0.1, -0.05) is 27.7 Å². The van der Waals surface area contributed by atoms with E-state index in [9.17, 15) is 0 Å².